The highest BCUT2D eigenvalue weighted by Gasteiger charge is 2.53. The Labute approximate surface area is 294 Å². The van der Waals surface area contributed by atoms with Crippen molar-refractivity contribution in [1.29, 1.82) is 0 Å². The lowest BCUT2D eigenvalue weighted by molar-refractivity contribution is -0.155. The van der Waals surface area contributed by atoms with E-state index in [0.717, 1.165) is 28.0 Å². The Morgan fingerprint density at radius 1 is 0.880 bits per heavy atom. The molecule has 50 heavy (non-hydrogen) atoms. The number of nitrogens with one attached hydrogen (secondary N) is 1. The van der Waals surface area contributed by atoms with E-state index in [2.05, 4.69) is 5.32 Å². The number of ether oxygens (including phenoxy) is 4. The second-order valence-corrected chi connectivity index (χ2v) is 13.2. The Kier molecular flexibility index (Phi) is 11.9. The number of hydrogen-bond acceptors (Lipinski definition) is 8. The summed E-state index contributed by atoms with van der Waals surface area (Å²) in [6.45, 7) is 6.19. The zero-order chi connectivity index (χ0) is 35.6. The predicted molar refractivity (Wildman–Crippen MR) is 193 cm³/mol. The minimum absolute atomic E-state index is 0.0444. The van der Waals surface area contributed by atoms with E-state index >= 15 is 0 Å². The van der Waals surface area contributed by atoms with E-state index in [9.17, 15) is 9.59 Å². The van der Waals surface area contributed by atoms with Crippen molar-refractivity contribution in [3.8, 4) is 22.6 Å². The average molecular weight is 679 g/mol. The lowest BCUT2D eigenvalue weighted by Gasteiger charge is -2.31. The Balaban J connectivity index is 1.50. The Morgan fingerprint density at radius 2 is 1.54 bits per heavy atom. The van der Waals surface area contributed by atoms with Crippen LogP contribution in [0.25, 0.3) is 11.1 Å². The zero-order valence-corrected chi connectivity index (χ0v) is 29.2. The summed E-state index contributed by atoms with van der Waals surface area (Å²) in [6, 6.07) is 32.9. The van der Waals surface area contributed by atoms with Gasteiger partial charge in [-0.2, -0.15) is 0 Å². The highest BCUT2D eigenvalue weighted by molar-refractivity contribution is 6.01. The first-order valence-corrected chi connectivity index (χ1v) is 17.0. The summed E-state index contributed by atoms with van der Waals surface area (Å²) >= 11 is 0. The van der Waals surface area contributed by atoms with Crippen LogP contribution in [-0.2, 0) is 25.5 Å². The molecule has 0 saturated heterocycles. The molecule has 0 aromatic heterocycles. The Morgan fingerprint density at radius 3 is 2.22 bits per heavy atom. The third kappa shape index (κ3) is 9.09. The van der Waals surface area contributed by atoms with Crippen LogP contribution in [0.2, 0.25) is 0 Å². The number of hydrogen-bond donors (Lipinski definition) is 2. The SMILES string of the molecule is COc1ccccc1CCNC(=O)[C@]1(CCC(=O)OC(C)(C)C)N=C(c2ccc(OCCCO)cc2)O[C@@H]1c1ccc(-c2ccccc2)cc1. The molecule has 9 heteroatoms. The lowest BCUT2D eigenvalue weighted by Crippen LogP contribution is -2.49. The van der Waals surface area contributed by atoms with Crippen LogP contribution >= 0.6 is 0 Å². The average Bonchev–Trinajstić information content (AvgIpc) is 3.52. The zero-order valence-electron chi connectivity index (χ0n) is 29.2. The number of amides is 1. The van der Waals surface area contributed by atoms with Gasteiger partial charge in [-0.05, 0) is 86.2 Å². The van der Waals surface area contributed by atoms with Crippen molar-refractivity contribution in [3.63, 3.8) is 0 Å². The molecular formula is C41H46N2O7. The number of aliphatic hydroxyl groups is 1. The molecule has 2 N–H and O–H groups in total. The first kappa shape index (κ1) is 36.1. The van der Waals surface area contributed by atoms with Gasteiger partial charge in [-0.1, -0.05) is 72.8 Å². The summed E-state index contributed by atoms with van der Waals surface area (Å²) < 4.78 is 23.5. The van der Waals surface area contributed by atoms with Crippen LogP contribution < -0.4 is 14.8 Å². The summed E-state index contributed by atoms with van der Waals surface area (Å²) in [5, 5.41) is 12.2. The van der Waals surface area contributed by atoms with Crippen molar-refractivity contribution in [2.24, 2.45) is 4.99 Å². The number of para-hydroxylation sites is 1. The molecule has 0 saturated carbocycles. The van der Waals surface area contributed by atoms with E-state index in [1.165, 1.54) is 0 Å². The number of rotatable bonds is 15. The maximum Gasteiger partial charge on any atom is 0.306 e. The fraction of sp³-hybridized carbons (Fsp3) is 0.341. The number of benzene rings is 4. The van der Waals surface area contributed by atoms with E-state index in [1.807, 2.05) is 112 Å². The first-order valence-electron chi connectivity index (χ1n) is 17.0. The van der Waals surface area contributed by atoms with Gasteiger partial charge in [0.25, 0.3) is 5.91 Å². The normalized spacial score (nSPS) is 17.0. The number of aliphatic imine (C=N–C) groups is 1. The van der Waals surface area contributed by atoms with Crippen LogP contribution in [0.15, 0.2) is 108 Å². The molecule has 9 nitrogen and oxygen atoms in total. The summed E-state index contributed by atoms with van der Waals surface area (Å²) in [5.74, 6) is 0.884. The molecule has 4 aromatic carbocycles. The molecule has 0 aliphatic carbocycles. The standard InChI is InChI=1S/C41H46N2O7/c1-40(2,3)50-36(45)23-25-41(39(46)42-26-24-31-13-8-9-14-35(31)47-4)37(32-17-15-30(16-18-32)29-11-6-5-7-12-29)49-38(43-41)33-19-21-34(22-20-33)48-28-10-27-44/h5-9,11-22,37,44H,10,23-28H2,1-4H3,(H,42,46)/t37-,41-/m1/s1. The van der Waals surface area contributed by atoms with Crippen molar-refractivity contribution in [1.82, 2.24) is 5.32 Å². The van der Waals surface area contributed by atoms with Crippen molar-refractivity contribution < 1.29 is 33.6 Å². The first-order chi connectivity index (χ1) is 24.1. The number of esters is 1. The highest BCUT2D eigenvalue weighted by atomic mass is 16.6. The topological polar surface area (TPSA) is 116 Å². The third-order valence-corrected chi connectivity index (χ3v) is 8.35. The van der Waals surface area contributed by atoms with Crippen molar-refractivity contribution in [3.05, 3.63) is 120 Å². The molecular weight excluding hydrogens is 632 g/mol. The van der Waals surface area contributed by atoms with Gasteiger partial charge in [0.2, 0.25) is 5.90 Å². The minimum Gasteiger partial charge on any atom is -0.496 e. The molecule has 5 rings (SSSR count). The quantitative estimate of drug-likeness (QED) is 0.104. The van der Waals surface area contributed by atoms with Crippen LogP contribution in [0, 0.1) is 0 Å². The Bertz CT molecular complexity index is 1750. The molecule has 1 amide bonds. The monoisotopic (exact) mass is 678 g/mol. The van der Waals surface area contributed by atoms with Gasteiger partial charge in [0, 0.05) is 31.6 Å². The van der Waals surface area contributed by atoms with Crippen molar-refractivity contribution >= 4 is 17.8 Å². The molecule has 2 atom stereocenters. The van der Waals surface area contributed by atoms with Gasteiger partial charge in [0.05, 0.1) is 13.7 Å². The predicted octanol–water partition coefficient (Wildman–Crippen LogP) is 6.86. The summed E-state index contributed by atoms with van der Waals surface area (Å²) in [6.07, 6.45) is 0.224. The van der Waals surface area contributed by atoms with Gasteiger partial charge in [-0.3, -0.25) is 9.59 Å². The smallest absolute Gasteiger partial charge is 0.306 e. The van der Waals surface area contributed by atoms with Gasteiger partial charge in [0.1, 0.15) is 17.1 Å². The Hall–Kier alpha value is -5.15. The van der Waals surface area contributed by atoms with Gasteiger partial charge in [-0.25, -0.2) is 4.99 Å². The van der Waals surface area contributed by atoms with Crippen LogP contribution in [0.4, 0.5) is 0 Å². The number of aliphatic hydroxyl groups excluding tert-OH is 1. The minimum atomic E-state index is -1.49. The second kappa shape index (κ2) is 16.5. The van der Waals surface area contributed by atoms with Gasteiger partial charge in [0.15, 0.2) is 11.6 Å². The second-order valence-electron chi connectivity index (χ2n) is 13.2. The molecule has 1 aliphatic rings. The number of methoxy groups -OCH3 is 1. The molecule has 4 aromatic rings. The fourth-order valence-corrected chi connectivity index (χ4v) is 5.91. The molecule has 0 bridgehead atoms. The summed E-state index contributed by atoms with van der Waals surface area (Å²) in [7, 11) is 1.62. The number of carbonyl (C=O) groups is 2. The summed E-state index contributed by atoms with van der Waals surface area (Å²) in [4.78, 5) is 32.7. The van der Waals surface area contributed by atoms with Crippen molar-refractivity contribution in [2.75, 3.05) is 26.9 Å². The fourth-order valence-electron chi connectivity index (χ4n) is 5.91. The number of carbonyl (C=O) groups excluding carboxylic acids is 2. The molecule has 0 radical (unpaired) electrons. The van der Waals surface area contributed by atoms with Crippen LogP contribution in [0.1, 0.15) is 62.8 Å². The molecule has 0 spiro atoms. The summed E-state index contributed by atoms with van der Waals surface area (Å²) in [5.41, 5.74) is 2.27. The molecule has 0 unspecified atom stereocenters. The van der Waals surface area contributed by atoms with Gasteiger partial charge in [-0.15, -0.1) is 0 Å². The van der Waals surface area contributed by atoms with Crippen molar-refractivity contribution in [2.45, 2.75) is 63.7 Å². The molecule has 1 heterocycles. The van der Waals surface area contributed by atoms with E-state index in [1.54, 1.807) is 19.2 Å². The van der Waals surface area contributed by atoms with Gasteiger partial charge < -0.3 is 29.4 Å². The lowest BCUT2D eigenvalue weighted by atomic mass is 9.83. The van der Waals surface area contributed by atoms with E-state index < -0.39 is 23.2 Å². The molecule has 1 aliphatic heterocycles. The largest absolute Gasteiger partial charge is 0.496 e. The maximum atomic E-state index is 14.5. The molecule has 262 valence electrons. The third-order valence-electron chi connectivity index (χ3n) is 8.35. The highest BCUT2D eigenvalue weighted by Crippen LogP contribution is 2.44. The number of nitrogens with zero attached hydrogens (tertiary/aromatic N) is 1. The van der Waals surface area contributed by atoms with Crippen LogP contribution in [0.5, 0.6) is 11.5 Å². The molecule has 0 fully saturated rings. The van der Waals surface area contributed by atoms with Crippen LogP contribution in [-0.4, -0.2) is 60.9 Å². The van der Waals surface area contributed by atoms with Gasteiger partial charge >= 0.3 is 5.97 Å². The maximum absolute atomic E-state index is 14.5. The van der Waals surface area contributed by atoms with E-state index in [4.69, 9.17) is 29.0 Å². The van der Waals surface area contributed by atoms with E-state index in [-0.39, 0.29) is 31.3 Å². The van der Waals surface area contributed by atoms with E-state index in [0.29, 0.717) is 37.3 Å². The van der Waals surface area contributed by atoms with Crippen LogP contribution in [0.3, 0.4) is 0 Å².